The van der Waals surface area contributed by atoms with Gasteiger partial charge < -0.3 is 24.0 Å². The third kappa shape index (κ3) is 4.62. The molecule has 0 aliphatic carbocycles. The number of hydrogen-bond acceptors (Lipinski definition) is 7. The third-order valence-electron chi connectivity index (χ3n) is 4.67. The highest BCUT2D eigenvalue weighted by molar-refractivity contribution is 5.79. The van der Waals surface area contributed by atoms with Gasteiger partial charge in [-0.25, -0.2) is 0 Å². The summed E-state index contributed by atoms with van der Waals surface area (Å²) < 4.78 is 16.4. The van der Waals surface area contributed by atoms with Gasteiger partial charge in [0, 0.05) is 33.1 Å². The van der Waals surface area contributed by atoms with Crippen LogP contribution in [0.2, 0.25) is 0 Å². The van der Waals surface area contributed by atoms with Gasteiger partial charge in [0.1, 0.15) is 6.10 Å². The molecular weight excluding hydrogens is 360 g/mol. The van der Waals surface area contributed by atoms with Gasteiger partial charge in [-0.3, -0.25) is 4.79 Å². The Morgan fingerprint density at radius 1 is 1.14 bits per heavy atom. The lowest BCUT2D eigenvalue weighted by atomic mass is 10.1. The molecule has 1 aliphatic rings. The number of anilines is 1. The van der Waals surface area contributed by atoms with E-state index in [0.29, 0.717) is 36.9 Å². The molecule has 1 aliphatic heterocycles. The minimum Gasteiger partial charge on any atom is -0.493 e. The van der Waals surface area contributed by atoms with Gasteiger partial charge in [-0.15, -0.1) is 10.2 Å². The predicted octanol–water partition coefficient (Wildman–Crippen LogP) is 1.78. The van der Waals surface area contributed by atoms with E-state index >= 15 is 0 Å². The first-order valence-corrected chi connectivity index (χ1v) is 9.16. The molecule has 0 bridgehead atoms. The largest absolute Gasteiger partial charge is 0.493 e. The molecule has 28 heavy (non-hydrogen) atoms. The Kier molecular flexibility index (Phi) is 6.18. The molecule has 1 saturated heterocycles. The summed E-state index contributed by atoms with van der Waals surface area (Å²) in [5.74, 6) is 2.58. The van der Waals surface area contributed by atoms with Crippen LogP contribution >= 0.6 is 0 Å². The van der Waals surface area contributed by atoms with Crippen LogP contribution in [-0.4, -0.2) is 68.5 Å². The van der Waals surface area contributed by atoms with Crippen molar-refractivity contribution in [3.05, 3.63) is 35.9 Å². The van der Waals surface area contributed by atoms with Gasteiger partial charge in [0.15, 0.2) is 17.3 Å². The average Bonchev–Trinajstić information content (AvgIpc) is 3.17. The van der Waals surface area contributed by atoms with Crippen molar-refractivity contribution >= 4 is 11.7 Å². The number of likely N-dealkylation sites (tertiary alicyclic amines) is 1. The SMILES string of the molecule is COc1ccc(CC(=O)N2CCC(Oc3ccc(N(C)C)nn3)C2)cc1OC. The number of ether oxygens (including phenoxy) is 3. The molecule has 1 amide bonds. The van der Waals surface area contributed by atoms with Crippen LogP contribution in [-0.2, 0) is 11.2 Å². The number of amides is 1. The maximum absolute atomic E-state index is 12.7. The normalized spacial score (nSPS) is 16.0. The fraction of sp³-hybridized carbons (Fsp3) is 0.450. The fourth-order valence-corrected chi connectivity index (χ4v) is 3.11. The van der Waals surface area contributed by atoms with E-state index in [9.17, 15) is 4.79 Å². The van der Waals surface area contributed by atoms with E-state index in [1.165, 1.54) is 0 Å². The number of nitrogens with zero attached hydrogens (tertiary/aromatic N) is 4. The maximum Gasteiger partial charge on any atom is 0.233 e. The van der Waals surface area contributed by atoms with E-state index < -0.39 is 0 Å². The summed E-state index contributed by atoms with van der Waals surface area (Å²) in [5.41, 5.74) is 0.886. The van der Waals surface area contributed by atoms with Crippen molar-refractivity contribution in [1.82, 2.24) is 15.1 Å². The van der Waals surface area contributed by atoms with Gasteiger partial charge >= 0.3 is 0 Å². The number of methoxy groups -OCH3 is 2. The summed E-state index contributed by atoms with van der Waals surface area (Å²) in [6.07, 6.45) is 1.01. The molecule has 2 aromatic rings. The van der Waals surface area contributed by atoms with Crippen LogP contribution in [0.15, 0.2) is 30.3 Å². The van der Waals surface area contributed by atoms with E-state index in [2.05, 4.69) is 10.2 Å². The molecule has 1 aromatic carbocycles. The van der Waals surface area contributed by atoms with Crippen molar-refractivity contribution in [3.8, 4) is 17.4 Å². The molecular formula is C20H26N4O4. The van der Waals surface area contributed by atoms with Crippen molar-refractivity contribution in [2.45, 2.75) is 18.9 Å². The molecule has 0 radical (unpaired) electrons. The Labute approximate surface area is 165 Å². The minimum absolute atomic E-state index is 0.0624. The van der Waals surface area contributed by atoms with Crippen LogP contribution in [0.4, 0.5) is 5.82 Å². The fourth-order valence-electron chi connectivity index (χ4n) is 3.11. The first-order valence-electron chi connectivity index (χ1n) is 9.16. The molecule has 0 spiro atoms. The van der Waals surface area contributed by atoms with Crippen LogP contribution in [0, 0.1) is 0 Å². The molecule has 2 heterocycles. The Bertz CT molecular complexity index is 810. The Hall–Kier alpha value is -3.03. The van der Waals surface area contributed by atoms with Crippen LogP contribution in [0.5, 0.6) is 17.4 Å². The lowest BCUT2D eigenvalue weighted by molar-refractivity contribution is -0.129. The highest BCUT2D eigenvalue weighted by atomic mass is 16.5. The van der Waals surface area contributed by atoms with E-state index in [1.54, 1.807) is 20.3 Å². The molecule has 3 rings (SSSR count). The van der Waals surface area contributed by atoms with Crippen molar-refractivity contribution in [2.75, 3.05) is 46.3 Å². The third-order valence-corrected chi connectivity index (χ3v) is 4.67. The Morgan fingerprint density at radius 3 is 2.57 bits per heavy atom. The number of benzene rings is 1. The molecule has 1 unspecified atom stereocenters. The summed E-state index contributed by atoms with van der Waals surface area (Å²) in [5, 5.41) is 8.20. The molecule has 8 nitrogen and oxygen atoms in total. The van der Waals surface area contributed by atoms with Gasteiger partial charge in [-0.05, 0) is 23.8 Å². The van der Waals surface area contributed by atoms with E-state index in [0.717, 1.165) is 17.8 Å². The summed E-state index contributed by atoms with van der Waals surface area (Å²) in [7, 11) is 6.98. The molecule has 150 valence electrons. The number of rotatable bonds is 7. The smallest absolute Gasteiger partial charge is 0.233 e. The number of carbonyl (C=O) groups is 1. The van der Waals surface area contributed by atoms with E-state index in [1.807, 2.05) is 48.2 Å². The molecule has 0 saturated carbocycles. The lowest BCUT2D eigenvalue weighted by Gasteiger charge is -2.17. The Balaban J connectivity index is 1.55. The summed E-state index contributed by atoms with van der Waals surface area (Å²) in [4.78, 5) is 16.3. The monoisotopic (exact) mass is 386 g/mol. The maximum atomic E-state index is 12.7. The number of carbonyl (C=O) groups excluding carboxylic acids is 1. The molecule has 1 fully saturated rings. The van der Waals surface area contributed by atoms with Gasteiger partial charge in [-0.1, -0.05) is 6.07 Å². The van der Waals surface area contributed by atoms with Crippen molar-refractivity contribution in [2.24, 2.45) is 0 Å². The van der Waals surface area contributed by atoms with Crippen molar-refractivity contribution in [1.29, 1.82) is 0 Å². The van der Waals surface area contributed by atoms with Gasteiger partial charge in [0.2, 0.25) is 11.8 Å². The Morgan fingerprint density at radius 2 is 1.93 bits per heavy atom. The second-order valence-corrected chi connectivity index (χ2v) is 6.86. The number of aromatic nitrogens is 2. The average molecular weight is 386 g/mol. The molecule has 0 N–H and O–H groups in total. The quantitative estimate of drug-likeness (QED) is 0.718. The lowest BCUT2D eigenvalue weighted by Crippen LogP contribution is -2.32. The van der Waals surface area contributed by atoms with Crippen LogP contribution < -0.4 is 19.1 Å². The second kappa shape index (κ2) is 8.77. The van der Waals surface area contributed by atoms with Crippen LogP contribution in [0.3, 0.4) is 0 Å². The van der Waals surface area contributed by atoms with E-state index in [-0.39, 0.29) is 12.0 Å². The van der Waals surface area contributed by atoms with Gasteiger partial charge in [-0.2, -0.15) is 0 Å². The highest BCUT2D eigenvalue weighted by Gasteiger charge is 2.28. The molecule has 8 heteroatoms. The predicted molar refractivity (Wildman–Crippen MR) is 105 cm³/mol. The first kappa shape index (κ1) is 19.7. The first-order chi connectivity index (χ1) is 13.5. The van der Waals surface area contributed by atoms with Crippen LogP contribution in [0.25, 0.3) is 0 Å². The standard InChI is InChI=1S/C20H26N4O4/c1-23(2)18-7-8-19(22-21-18)28-15-9-10-24(13-15)20(25)12-14-5-6-16(26-3)17(11-14)27-4/h5-8,11,15H,9-10,12-13H2,1-4H3. The van der Waals surface area contributed by atoms with Crippen LogP contribution in [0.1, 0.15) is 12.0 Å². The number of hydrogen-bond donors (Lipinski definition) is 0. The summed E-state index contributed by atoms with van der Waals surface area (Å²) >= 11 is 0. The minimum atomic E-state index is -0.0751. The van der Waals surface area contributed by atoms with E-state index in [4.69, 9.17) is 14.2 Å². The zero-order chi connectivity index (χ0) is 20.1. The zero-order valence-electron chi connectivity index (χ0n) is 16.7. The second-order valence-electron chi connectivity index (χ2n) is 6.86. The topological polar surface area (TPSA) is 77.0 Å². The highest BCUT2D eigenvalue weighted by Crippen LogP contribution is 2.28. The van der Waals surface area contributed by atoms with Gasteiger partial charge in [0.25, 0.3) is 0 Å². The molecule has 1 atom stereocenters. The summed E-state index contributed by atoms with van der Waals surface area (Å²) in [6.45, 7) is 1.21. The van der Waals surface area contributed by atoms with Crippen molar-refractivity contribution in [3.63, 3.8) is 0 Å². The van der Waals surface area contributed by atoms with Crippen molar-refractivity contribution < 1.29 is 19.0 Å². The van der Waals surface area contributed by atoms with Gasteiger partial charge in [0.05, 0.1) is 27.2 Å². The summed E-state index contributed by atoms with van der Waals surface area (Å²) in [6, 6.07) is 9.19. The molecule has 1 aromatic heterocycles. The zero-order valence-corrected chi connectivity index (χ0v) is 16.7.